The quantitative estimate of drug-likeness (QED) is 0.349. The number of thioether (sulfide) groups is 1. The number of benzene rings is 3. The molecule has 2 heterocycles. The highest BCUT2D eigenvalue weighted by molar-refractivity contribution is 7.98. The van der Waals surface area contributed by atoms with Crippen molar-refractivity contribution in [3.63, 3.8) is 0 Å². The number of amides is 1. The molecule has 1 amide bonds. The molecule has 1 atom stereocenters. The van der Waals surface area contributed by atoms with Crippen molar-refractivity contribution in [3.8, 4) is 17.0 Å². The van der Waals surface area contributed by atoms with Gasteiger partial charge in [0.25, 0.3) is 5.91 Å². The van der Waals surface area contributed by atoms with Crippen molar-refractivity contribution in [3.05, 3.63) is 100.0 Å². The predicted octanol–water partition coefficient (Wildman–Crippen LogP) is 6.01. The van der Waals surface area contributed by atoms with Gasteiger partial charge in [-0.15, -0.1) is 11.8 Å². The zero-order valence-electron chi connectivity index (χ0n) is 19.1. The number of hydrogen-bond acceptors (Lipinski definition) is 4. The number of halogens is 1. The van der Waals surface area contributed by atoms with Crippen LogP contribution in [0.3, 0.4) is 0 Å². The highest BCUT2D eigenvalue weighted by atomic mass is 32.2. The normalized spacial score (nSPS) is 15.1. The molecule has 1 aliphatic heterocycles. The van der Waals surface area contributed by atoms with E-state index in [1.54, 1.807) is 34.9 Å². The van der Waals surface area contributed by atoms with E-state index in [2.05, 4.69) is 10.2 Å². The first-order valence-corrected chi connectivity index (χ1v) is 12.2. The largest absolute Gasteiger partial charge is 0.507 e. The van der Waals surface area contributed by atoms with Gasteiger partial charge in [-0.3, -0.25) is 9.89 Å². The van der Waals surface area contributed by atoms with Crippen molar-refractivity contribution >= 4 is 17.7 Å². The molecule has 0 saturated heterocycles. The van der Waals surface area contributed by atoms with Gasteiger partial charge in [0.2, 0.25) is 0 Å². The van der Waals surface area contributed by atoms with Gasteiger partial charge >= 0.3 is 0 Å². The summed E-state index contributed by atoms with van der Waals surface area (Å²) < 4.78 is 13.5. The second-order valence-corrected chi connectivity index (χ2v) is 9.45. The maximum Gasteiger partial charge on any atom is 0.273 e. The van der Waals surface area contributed by atoms with Crippen molar-refractivity contribution in [2.45, 2.75) is 31.3 Å². The Morgan fingerprint density at radius 2 is 1.79 bits per heavy atom. The molecular weight excluding hydrogens is 449 g/mol. The number of carbonyl (C=O) groups excluding carboxylic acids is 1. The van der Waals surface area contributed by atoms with Gasteiger partial charge in [0.1, 0.15) is 23.0 Å². The van der Waals surface area contributed by atoms with E-state index in [1.165, 1.54) is 12.1 Å². The number of rotatable bonds is 5. The van der Waals surface area contributed by atoms with E-state index in [0.717, 1.165) is 32.7 Å². The Hall–Kier alpha value is -3.58. The average molecular weight is 474 g/mol. The first kappa shape index (κ1) is 22.2. The third-order valence-corrected chi connectivity index (χ3v) is 7.00. The highest BCUT2D eigenvalue weighted by Crippen LogP contribution is 2.46. The van der Waals surface area contributed by atoms with Crippen molar-refractivity contribution in [1.29, 1.82) is 0 Å². The Bertz CT molecular complexity index is 1360. The molecular formula is C27H24FN3O2S. The standard InChI is InChI=1S/C27H24FN3O2S/c1-15-12-16(2)22(21(32)13-15)24-23-25(30-29-24)27(33)31(14-17-4-8-19(28)9-5-17)26(23)18-6-10-20(34-3)11-7-18/h4-13,26,32H,14H2,1-3H3,(H,29,30). The minimum Gasteiger partial charge on any atom is -0.507 e. The zero-order valence-corrected chi connectivity index (χ0v) is 19.9. The lowest BCUT2D eigenvalue weighted by atomic mass is 9.93. The van der Waals surface area contributed by atoms with Crippen LogP contribution in [0.4, 0.5) is 4.39 Å². The third-order valence-electron chi connectivity index (χ3n) is 6.26. The van der Waals surface area contributed by atoms with Gasteiger partial charge in [-0.1, -0.05) is 30.3 Å². The van der Waals surface area contributed by atoms with Crippen molar-refractivity contribution in [2.75, 3.05) is 6.26 Å². The van der Waals surface area contributed by atoms with Crippen LogP contribution in [0.1, 0.15) is 44.3 Å². The van der Waals surface area contributed by atoms with Crippen LogP contribution in [0.25, 0.3) is 11.3 Å². The van der Waals surface area contributed by atoms with Gasteiger partial charge in [0.05, 0.1) is 6.04 Å². The van der Waals surface area contributed by atoms with Crippen LogP contribution in [0.2, 0.25) is 0 Å². The number of aryl methyl sites for hydroxylation is 2. The van der Waals surface area contributed by atoms with E-state index in [-0.39, 0.29) is 17.5 Å². The van der Waals surface area contributed by atoms with Gasteiger partial charge in [-0.25, -0.2) is 4.39 Å². The molecule has 0 aliphatic carbocycles. The van der Waals surface area contributed by atoms with Gasteiger partial charge in [-0.2, -0.15) is 5.10 Å². The van der Waals surface area contributed by atoms with Crippen LogP contribution < -0.4 is 0 Å². The predicted molar refractivity (Wildman–Crippen MR) is 132 cm³/mol. The van der Waals surface area contributed by atoms with Crippen molar-refractivity contribution in [2.24, 2.45) is 0 Å². The Morgan fingerprint density at radius 3 is 2.44 bits per heavy atom. The van der Waals surface area contributed by atoms with Gasteiger partial charge in [0, 0.05) is 22.6 Å². The number of aromatic amines is 1. The van der Waals surface area contributed by atoms with Crippen LogP contribution in [-0.2, 0) is 6.54 Å². The molecule has 0 fully saturated rings. The van der Waals surface area contributed by atoms with Crippen LogP contribution in [0, 0.1) is 19.7 Å². The Labute approximate surface area is 201 Å². The van der Waals surface area contributed by atoms with Gasteiger partial charge in [0.15, 0.2) is 0 Å². The topological polar surface area (TPSA) is 69.2 Å². The third kappa shape index (κ3) is 3.76. The Kier molecular flexibility index (Phi) is 5.65. The van der Waals surface area contributed by atoms with Crippen LogP contribution in [-0.4, -0.2) is 32.4 Å². The summed E-state index contributed by atoms with van der Waals surface area (Å²) in [6.45, 7) is 4.17. The summed E-state index contributed by atoms with van der Waals surface area (Å²) in [6, 6.07) is 17.6. The number of fused-ring (bicyclic) bond motifs is 1. The highest BCUT2D eigenvalue weighted by Gasteiger charge is 2.42. The van der Waals surface area contributed by atoms with Gasteiger partial charge < -0.3 is 10.0 Å². The van der Waals surface area contributed by atoms with Gasteiger partial charge in [-0.05, 0) is 72.7 Å². The molecule has 1 unspecified atom stereocenters. The monoisotopic (exact) mass is 473 g/mol. The molecule has 2 N–H and O–H groups in total. The fraction of sp³-hybridized carbons (Fsp3) is 0.185. The number of aromatic nitrogens is 2. The second kappa shape index (κ2) is 8.65. The maximum absolute atomic E-state index is 13.6. The second-order valence-electron chi connectivity index (χ2n) is 8.57. The van der Waals surface area contributed by atoms with Crippen molar-refractivity contribution < 1.29 is 14.3 Å². The number of phenolic OH excluding ortho intramolecular Hbond substituents is 1. The molecule has 34 heavy (non-hydrogen) atoms. The molecule has 172 valence electrons. The number of nitrogens with zero attached hydrogens (tertiary/aromatic N) is 2. The molecule has 1 aliphatic rings. The summed E-state index contributed by atoms with van der Waals surface area (Å²) in [7, 11) is 0. The van der Waals surface area contributed by atoms with Crippen LogP contribution in [0.5, 0.6) is 5.75 Å². The molecule has 0 spiro atoms. The molecule has 0 radical (unpaired) electrons. The number of carbonyl (C=O) groups is 1. The number of hydrogen-bond donors (Lipinski definition) is 2. The fourth-order valence-corrected chi connectivity index (χ4v) is 5.13. The van der Waals surface area contributed by atoms with E-state index in [9.17, 15) is 14.3 Å². The number of phenols is 1. The molecule has 4 aromatic rings. The van der Waals surface area contributed by atoms with E-state index in [1.807, 2.05) is 50.4 Å². The molecule has 1 aromatic heterocycles. The van der Waals surface area contributed by atoms with Crippen LogP contribution in [0.15, 0.2) is 65.6 Å². The first-order valence-electron chi connectivity index (χ1n) is 11.0. The van der Waals surface area contributed by atoms with Crippen molar-refractivity contribution in [1.82, 2.24) is 15.1 Å². The lowest BCUT2D eigenvalue weighted by Crippen LogP contribution is -2.29. The SMILES string of the molecule is CSc1ccc(C2c3c(-c4c(C)cc(C)cc4O)n[nH]c3C(=O)N2Cc2ccc(F)cc2)cc1. The summed E-state index contributed by atoms with van der Waals surface area (Å²) in [5.41, 5.74) is 5.94. The van der Waals surface area contributed by atoms with E-state index >= 15 is 0 Å². The Morgan fingerprint density at radius 1 is 1.09 bits per heavy atom. The lowest BCUT2D eigenvalue weighted by Gasteiger charge is -2.27. The van der Waals surface area contributed by atoms with Crippen LogP contribution >= 0.6 is 11.8 Å². The summed E-state index contributed by atoms with van der Waals surface area (Å²) in [6.07, 6.45) is 2.02. The Balaban J connectivity index is 1.67. The number of H-pyrrole nitrogens is 1. The smallest absolute Gasteiger partial charge is 0.273 e. The molecule has 0 bridgehead atoms. The fourth-order valence-electron chi connectivity index (χ4n) is 4.72. The molecule has 0 saturated carbocycles. The minimum absolute atomic E-state index is 0.132. The summed E-state index contributed by atoms with van der Waals surface area (Å²) in [5, 5.41) is 18.2. The average Bonchev–Trinajstić information content (AvgIpc) is 3.34. The zero-order chi connectivity index (χ0) is 24.0. The summed E-state index contributed by atoms with van der Waals surface area (Å²) in [4.78, 5) is 16.5. The van der Waals surface area contributed by atoms with E-state index in [4.69, 9.17) is 0 Å². The lowest BCUT2D eigenvalue weighted by molar-refractivity contribution is 0.0730. The minimum atomic E-state index is -0.405. The molecule has 5 rings (SSSR count). The molecule has 3 aromatic carbocycles. The molecule has 7 heteroatoms. The van der Waals surface area contributed by atoms with E-state index in [0.29, 0.717) is 23.5 Å². The van der Waals surface area contributed by atoms with E-state index < -0.39 is 6.04 Å². The molecule has 5 nitrogen and oxygen atoms in total. The summed E-state index contributed by atoms with van der Waals surface area (Å²) >= 11 is 1.65. The maximum atomic E-state index is 13.6. The number of aromatic hydroxyl groups is 1. The summed E-state index contributed by atoms with van der Waals surface area (Å²) in [5.74, 6) is -0.364. The first-order chi connectivity index (χ1) is 16.4. The number of nitrogens with one attached hydrogen (secondary N) is 1.